The summed E-state index contributed by atoms with van der Waals surface area (Å²) in [5.74, 6) is -0.530. The first-order valence-electron chi connectivity index (χ1n) is 5.54. The van der Waals surface area contributed by atoms with E-state index >= 15 is 0 Å². The number of anilines is 1. The number of nitrogens with two attached hydrogens (primary N) is 1. The van der Waals surface area contributed by atoms with E-state index in [0.29, 0.717) is 10.7 Å². The standard InChI is InChI=1S/C14H11Cl2NO2/c15-11-6-2-1-4-9(11)8-19-14(18)10-5-3-7-12(17)13(10)16/h1-7H,8,17H2. The smallest absolute Gasteiger partial charge is 0.340 e. The molecule has 3 nitrogen and oxygen atoms in total. The number of rotatable bonds is 3. The maximum atomic E-state index is 11.9. The summed E-state index contributed by atoms with van der Waals surface area (Å²) in [5.41, 5.74) is 6.95. The highest BCUT2D eigenvalue weighted by Gasteiger charge is 2.14. The minimum Gasteiger partial charge on any atom is -0.457 e. The summed E-state index contributed by atoms with van der Waals surface area (Å²) in [6.07, 6.45) is 0. The first-order chi connectivity index (χ1) is 9.09. The molecule has 2 rings (SSSR count). The SMILES string of the molecule is Nc1cccc(C(=O)OCc2ccccc2Cl)c1Cl. The van der Waals surface area contributed by atoms with Gasteiger partial charge in [-0.15, -0.1) is 0 Å². The quantitative estimate of drug-likeness (QED) is 0.689. The second kappa shape index (κ2) is 5.95. The molecule has 0 amide bonds. The molecule has 0 unspecified atom stereocenters. The van der Waals surface area contributed by atoms with Crippen molar-refractivity contribution in [2.24, 2.45) is 0 Å². The molecule has 98 valence electrons. The zero-order valence-corrected chi connectivity index (χ0v) is 11.4. The van der Waals surface area contributed by atoms with Gasteiger partial charge in [0.05, 0.1) is 16.3 Å². The summed E-state index contributed by atoms with van der Waals surface area (Å²) in [5, 5.41) is 0.751. The third-order valence-corrected chi connectivity index (χ3v) is 3.36. The molecule has 0 aromatic heterocycles. The summed E-state index contributed by atoms with van der Waals surface area (Å²) in [6, 6.07) is 12.0. The van der Waals surface area contributed by atoms with Crippen LogP contribution in [0.3, 0.4) is 0 Å². The molecule has 2 N–H and O–H groups in total. The fourth-order valence-electron chi connectivity index (χ4n) is 1.54. The van der Waals surface area contributed by atoms with E-state index in [1.807, 2.05) is 12.1 Å². The van der Waals surface area contributed by atoms with Gasteiger partial charge >= 0.3 is 5.97 Å². The van der Waals surface area contributed by atoms with Crippen LogP contribution >= 0.6 is 23.2 Å². The molecule has 0 fully saturated rings. The molecule has 0 spiro atoms. The second-order valence-corrected chi connectivity index (χ2v) is 4.66. The topological polar surface area (TPSA) is 52.3 Å². The van der Waals surface area contributed by atoms with E-state index in [2.05, 4.69) is 0 Å². The van der Waals surface area contributed by atoms with Crippen molar-refractivity contribution in [2.45, 2.75) is 6.61 Å². The Bertz CT molecular complexity index is 614. The largest absolute Gasteiger partial charge is 0.457 e. The molecule has 19 heavy (non-hydrogen) atoms. The van der Waals surface area contributed by atoms with Gasteiger partial charge in [0.1, 0.15) is 6.61 Å². The minimum absolute atomic E-state index is 0.0869. The molecule has 0 saturated carbocycles. The third-order valence-electron chi connectivity index (χ3n) is 2.57. The van der Waals surface area contributed by atoms with Crippen LogP contribution in [0.4, 0.5) is 5.69 Å². The molecule has 5 heteroatoms. The maximum absolute atomic E-state index is 11.9. The number of hydrogen-bond donors (Lipinski definition) is 1. The highest BCUT2D eigenvalue weighted by atomic mass is 35.5. The molecule has 0 bridgehead atoms. The first-order valence-corrected chi connectivity index (χ1v) is 6.29. The molecule has 0 saturated heterocycles. The van der Waals surface area contributed by atoms with Crippen LogP contribution in [0.2, 0.25) is 10.0 Å². The Morgan fingerprint density at radius 2 is 1.84 bits per heavy atom. The Kier molecular flexibility index (Phi) is 4.30. The van der Waals surface area contributed by atoms with E-state index in [1.165, 1.54) is 0 Å². The lowest BCUT2D eigenvalue weighted by Crippen LogP contribution is -2.07. The van der Waals surface area contributed by atoms with Crippen LogP contribution in [0.5, 0.6) is 0 Å². The van der Waals surface area contributed by atoms with Crippen molar-refractivity contribution in [3.8, 4) is 0 Å². The zero-order chi connectivity index (χ0) is 13.8. The van der Waals surface area contributed by atoms with E-state index in [-0.39, 0.29) is 17.2 Å². The lowest BCUT2D eigenvalue weighted by Gasteiger charge is -2.08. The fourth-order valence-corrected chi connectivity index (χ4v) is 1.94. The normalized spacial score (nSPS) is 10.2. The Balaban J connectivity index is 2.10. The summed E-state index contributed by atoms with van der Waals surface area (Å²) in [7, 11) is 0. The number of hydrogen-bond acceptors (Lipinski definition) is 3. The Morgan fingerprint density at radius 3 is 2.58 bits per heavy atom. The van der Waals surface area contributed by atoms with Gasteiger partial charge in [0.25, 0.3) is 0 Å². The summed E-state index contributed by atoms with van der Waals surface area (Å²) in [4.78, 5) is 11.9. The van der Waals surface area contributed by atoms with Crippen LogP contribution in [0, 0.1) is 0 Å². The average Bonchev–Trinajstić information content (AvgIpc) is 2.40. The zero-order valence-electron chi connectivity index (χ0n) is 9.90. The number of carbonyl (C=O) groups excluding carboxylic acids is 1. The van der Waals surface area contributed by atoms with Crippen LogP contribution in [0.1, 0.15) is 15.9 Å². The molecule has 0 heterocycles. The first kappa shape index (κ1) is 13.7. The van der Waals surface area contributed by atoms with Gasteiger partial charge in [0.15, 0.2) is 0 Å². The van der Waals surface area contributed by atoms with Crippen molar-refractivity contribution in [3.63, 3.8) is 0 Å². The van der Waals surface area contributed by atoms with Gasteiger partial charge in [-0.1, -0.05) is 47.5 Å². The Hall–Kier alpha value is -1.71. The van der Waals surface area contributed by atoms with Gasteiger partial charge in [-0.2, -0.15) is 0 Å². The molecule has 0 radical (unpaired) electrons. The van der Waals surface area contributed by atoms with Crippen LogP contribution < -0.4 is 5.73 Å². The van der Waals surface area contributed by atoms with Crippen molar-refractivity contribution < 1.29 is 9.53 Å². The highest BCUT2D eigenvalue weighted by molar-refractivity contribution is 6.36. The third kappa shape index (κ3) is 3.19. The molecular weight excluding hydrogens is 285 g/mol. The fraction of sp³-hybridized carbons (Fsp3) is 0.0714. The van der Waals surface area contributed by atoms with Crippen LogP contribution in [-0.2, 0) is 11.3 Å². The van der Waals surface area contributed by atoms with Crippen LogP contribution in [-0.4, -0.2) is 5.97 Å². The minimum atomic E-state index is -0.530. The van der Waals surface area contributed by atoms with Gasteiger partial charge in [-0.05, 0) is 18.2 Å². The number of nitrogen functional groups attached to an aromatic ring is 1. The number of carbonyl (C=O) groups is 1. The second-order valence-electron chi connectivity index (χ2n) is 3.88. The van der Waals surface area contributed by atoms with Crippen molar-refractivity contribution in [1.82, 2.24) is 0 Å². The average molecular weight is 296 g/mol. The Morgan fingerprint density at radius 1 is 1.11 bits per heavy atom. The summed E-state index contributed by atoms with van der Waals surface area (Å²) >= 11 is 11.9. The monoisotopic (exact) mass is 295 g/mol. The highest BCUT2D eigenvalue weighted by Crippen LogP contribution is 2.24. The van der Waals surface area contributed by atoms with Gasteiger partial charge < -0.3 is 10.5 Å². The molecular formula is C14H11Cl2NO2. The van der Waals surface area contributed by atoms with E-state index in [4.69, 9.17) is 33.7 Å². The van der Waals surface area contributed by atoms with Gasteiger partial charge in [-0.25, -0.2) is 4.79 Å². The van der Waals surface area contributed by atoms with E-state index in [9.17, 15) is 4.79 Å². The summed E-state index contributed by atoms with van der Waals surface area (Å²) < 4.78 is 5.17. The van der Waals surface area contributed by atoms with Gasteiger partial charge in [0, 0.05) is 10.6 Å². The lowest BCUT2D eigenvalue weighted by atomic mass is 10.2. The van der Waals surface area contributed by atoms with Gasteiger partial charge in [-0.3, -0.25) is 0 Å². The lowest BCUT2D eigenvalue weighted by molar-refractivity contribution is 0.0473. The predicted octanol–water partition coefficient (Wildman–Crippen LogP) is 3.93. The van der Waals surface area contributed by atoms with Crippen LogP contribution in [0.25, 0.3) is 0 Å². The summed E-state index contributed by atoms with van der Waals surface area (Å²) in [6.45, 7) is 0.0869. The number of esters is 1. The Labute approximate surface area is 120 Å². The van der Waals surface area contributed by atoms with Crippen molar-refractivity contribution in [2.75, 3.05) is 5.73 Å². The molecule has 0 aliphatic carbocycles. The number of benzene rings is 2. The number of ether oxygens (including phenoxy) is 1. The van der Waals surface area contributed by atoms with Crippen molar-refractivity contribution in [3.05, 3.63) is 63.6 Å². The van der Waals surface area contributed by atoms with E-state index in [1.54, 1.807) is 30.3 Å². The van der Waals surface area contributed by atoms with Gasteiger partial charge in [0.2, 0.25) is 0 Å². The molecule has 2 aromatic carbocycles. The predicted molar refractivity (Wildman–Crippen MR) is 76.4 cm³/mol. The molecule has 0 atom stereocenters. The molecule has 2 aromatic rings. The van der Waals surface area contributed by atoms with Crippen LogP contribution in [0.15, 0.2) is 42.5 Å². The van der Waals surface area contributed by atoms with E-state index < -0.39 is 5.97 Å². The molecule has 0 aliphatic rings. The van der Waals surface area contributed by atoms with Crippen molar-refractivity contribution in [1.29, 1.82) is 0 Å². The molecule has 0 aliphatic heterocycles. The van der Waals surface area contributed by atoms with Crippen molar-refractivity contribution >= 4 is 34.9 Å². The maximum Gasteiger partial charge on any atom is 0.340 e. The van der Waals surface area contributed by atoms with E-state index in [0.717, 1.165) is 5.56 Å². The number of halogens is 2.